The number of hydrogen-bond acceptors (Lipinski definition) is 6. The second kappa shape index (κ2) is 10.4. The molecule has 0 spiro atoms. The Bertz CT molecular complexity index is 1680. The number of benzene rings is 2. The van der Waals surface area contributed by atoms with E-state index in [9.17, 15) is 31.5 Å². The van der Waals surface area contributed by atoms with Crippen molar-refractivity contribution < 1.29 is 31.5 Å². The van der Waals surface area contributed by atoms with Gasteiger partial charge in [0, 0.05) is 25.7 Å². The van der Waals surface area contributed by atoms with Crippen molar-refractivity contribution >= 4 is 50.4 Å². The Kier molecular flexibility index (Phi) is 7.63. The normalized spacial score (nSPS) is 12.3. The van der Waals surface area contributed by atoms with Crippen LogP contribution < -0.4 is 5.11 Å². The average molecular weight is 603 g/mol. The van der Waals surface area contributed by atoms with Gasteiger partial charge in [0.25, 0.3) is 10.0 Å². The SMILES string of the molecule is CCc1nc2cc(C(F)(F)F)c(Cl)cc2n1-c1ccc(CCN(C(=O)[O-])S(=O)(=O)c2c(C)nn(C)c2Cl)cc1. The Morgan fingerprint density at radius 3 is 2.31 bits per heavy atom. The predicted octanol–water partition coefficient (Wildman–Crippen LogP) is 4.53. The molecule has 1 amide bonds. The molecule has 0 unspecified atom stereocenters. The molecule has 0 fully saturated rings. The van der Waals surface area contributed by atoms with Crippen LogP contribution in [0.3, 0.4) is 0 Å². The highest BCUT2D eigenvalue weighted by Crippen LogP contribution is 2.38. The summed E-state index contributed by atoms with van der Waals surface area (Å²) in [6.07, 6.45) is -6.11. The number of halogens is 5. The fourth-order valence-electron chi connectivity index (χ4n) is 4.26. The van der Waals surface area contributed by atoms with Crippen LogP contribution in [0.5, 0.6) is 0 Å². The topological polar surface area (TPSA) is 113 Å². The van der Waals surface area contributed by atoms with Gasteiger partial charge in [-0.2, -0.15) is 18.3 Å². The second-order valence-electron chi connectivity index (χ2n) is 8.62. The van der Waals surface area contributed by atoms with Crippen LogP contribution in [0, 0.1) is 6.92 Å². The molecule has 0 N–H and O–H groups in total. The number of aromatic nitrogens is 4. The van der Waals surface area contributed by atoms with E-state index in [-0.39, 0.29) is 27.1 Å². The molecule has 208 valence electrons. The Morgan fingerprint density at radius 2 is 1.79 bits per heavy atom. The van der Waals surface area contributed by atoms with Gasteiger partial charge in [0.05, 0.1) is 27.3 Å². The van der Waals surface area contributed by atoms with Crippen LogP contribution in [-0.4, -0.2) is 44.7 Å². The van der Waals surface area contributed by atoms with Crippen LogP contribution in [0.2, 0.25) is 10.2 Å². The number of rotatable bonds is 7. The summed E-state index contributed by atoms with van der Waals surface area (Å²) in [4.78, 5) is 15.7. The Morgan fingerprint density at radius 1 is 1.15 bits per heavy atom. The molecule has 0 radical (unpaired) electrons. The third kappa shape index (κ3) is 5.30. The summed E-state index contributed by atoms with van der Waals surface area (Å²) in [6, 6.07) is 8.76. The van der Waals surface area contributed by atoms with Gasteiger partial charge in [-0.1, -0.05) is 42.3 Å². The molecular weight excluding hydrogens is 582 g/mol. The van der Waals surface area contributed by atoms with Crippen LogP contribution >= 0.6 is 23.2 Å². The van der Waals surface area contributed by atoms with Gasteiger partial charge in [0.1, 0.15) is 15.9 Å². The number of imidazole rings is 1. The van der Waals surface area contributed by atoms with Gasteiger partial charge in [0.2, 0.25) is 0 Å². The van der Waals surface area contributed by atoms with E-state index < -0.39 is 44.3 Å². The molecule has 15 heteroatoms. The van der Waals surface area contributed by atoms with Gasteiger partial charge in [-0.3, -0.25) is 13.6 Å². The molecule has 2 aromatic carbocycles. The number of carbonyl (C=O) groups excluding carboxylic acids is 1. The Hall–Kier alpha value is -3.29. The van der Waals surface area contributed by atoms with Crippen molar-refractivity contribution in [1.29, 1.82) is 0 Å². The molecular formula is C24H21Cl2F3N5O4S-. The van der Waals surface area contributed by atoms with E-state index in [1.54, 1.807) is 28.8 Å². The number of sulfonamides is 1. The summed E-state index contributed by atoms with van der Waals surface area (Å²) in [6.45, 7) is 2.76. The van der Waals surface area contributed by atoms with Crippen molar-refractivity contribution in [3.8, 4) is 5.69 Å². The average Bonchev–Trinajstić information content (AvgIpc) is 3.33. The van der Waals surface area contributed by atoms with Crippen molar-refractivity contribution in [2.24, 2.45) is 7.05 Å². The minimum absolute atomic E-state index is 0.0104. The summed E-state index contributed by atoms with van der Waals surface area (Å²) in [7, 11) is -3.13. The number of alkyl halides is 3. The molecule has 0 atom stereocenters. The molecule has 0 bridgehead atoms. The number of fused-ring (bicyclic) bond motifs is 1. The van der Waals surface area contributed by atoms with Crippen LogP contribution in [0.4, 0.5) is 18.0 Å². The second-order valence-corrected chi connectivity index (χ2v) is 11.2. The number of nitrogens with zero attached hydrogens (tertiary/aromatic N) is 5. The van der Waals surface area contributed by atoms with E-state index in [0.29, 0.717) is 29.0 Å². The van der Waals surface area contributed by atoms with Crippen LogP contribution in [0.15, 0.2) is 41.3 Å². The fourth-order valence-corrected chi connectivity index (χ4v) is 6.50. The summed E-state index contributed by atoms with van der Waals surface area (Å²) in [5.74, 6) is 0.506. The van der Waals surface area contributed by atoms with E-state index in [1.807, 2.05) is 6.92 Å². The molecule has 39 heavy (non-hydrogen) atoms. The van der Waals surface area contributed by atoms with E-state index in [2.05, 4.69) is 10.1 Å². The van der Waals surface area contributed by atoms with Crippen molar-refractivity contribution in [1.82, 2.24) is 23.6 Å². The largest absolute Gasteiger partial charge is 0.529 e. The highest BCUT2D eigenvalue weighted by atomic mass is 35.5. The monoisotopic (exact) mass is 602 g/mol. The van der Waals surface area contributed by atoms with Crippen LogP contribution in [0.1, 0.15) is 29.6 Å². The van der Waals surface area contributed by atoms with Crippen LogP contribution in [-0.2, 0) is 36.1 Å². The van der Waals surface area contributed by atoms with Crippen molar-refractivity contribution in [3.05, 3.63) is 69.2 Å². The van der Waals surface area contributed by atoms with Gasteiger partial charge >= 0.3 is 6.18 Å². The summed E-state index contributed by atoms with van der Waals surface area (Å²) >= 11 is 12.0. The molecule has 4 aromatic rings. The number of carbonyl (C=O) groups is 1. The van der Waals surface area contributed by atoms with E-state index in [1.165, 1.54) is 20.0 Å². The number of amides is 1. The molecule has 0 aliphatic rings. The lowest BCUT2D eigenvalue weighted by Crippen LogP contribution is -2.46. The standard InChI is InChI=1S/C24H22Cl2F3N5O4S/c1-4-20-30-18-11-16(24(27,28)29)17(25)12-19(18)34(20)15-7-5-14(6-8-15)9-10-33(23(35)36)39(37,38)21-13(2)31-32(3)22(21)26/h5-8,11-12H,4,9-10H2,1-3H3,(H,35,36)/p-1. The minimum Gasteiger partial charge on any atom is -0.529 e. The highest BCUT2D eigenvalue weighted by molar-refractivity contribution is 7.89. The maximum absolute atomic E-state index is 13.3. The molecule has 4 rings (SSSR count). The van der Waals surface area contributed by atoms with Crippen molar-refractivity contribution in [3.63, 3.8) is 0 Å². The number of hydrogen-bond donors (Lipinski definition) is 0. The zero-order valence-electron chi connectivity index (χ0n) is 20.8. The summed E-state index contributed by atoms with van der Waals surface area (Å²) < 4.78 is 69.0. The van der Waals surface area contributed by atoms with Crippen molar-refractivity contribution in [2.75, 3.05) is 6.54 Å². The lowest BCUT2D eigenvalue weighted by Gasteiger charge is -2.24. The zero-order chi connectivity index (χ0) is 28.9. The maximum atomic E-state index is 13.3. The Labute approximate surface area is 231 Å². The van der Waals surface area contributed by atoms with Gasteiger partial charge in [-0.15, -0.1) is 0 Å². The first-order valence-corrected chi connectivity index (χ1v) is 13.7. The van der Waals surface area contributed by atoms with Gasteiger partial charge in [-0.05, 0) is 43.2 Å². The zero-order valence-corrected chi connectivity index (χ0v) is 23.1. The molecule has 0 aliphatic heterocycles. The fraction of sp³-hybridized carbons (Fsp3) is 0.292. The maximum Gasteiger partial charge on any atom is 0.417 e. The first-order chi connectivity index (χ1) is 18.2. The lowest BCUT2D eigenvalue weighted by atomic mass is 10.1. The van der Waals surface area contributed by atoms with E-state index >= 15 is 0 Å². The molecule has 0 saturated carbocycles. The molecule has 2 heterocycles. The van der Waals surface area contributed by atoms with Gasteiger partial charge in [0.15, 0.2) is 6.09 Å². The predicted molar refractivity (Wildman–Crippen MR) is 136 cm³/mol. The van der Waals surface area contributed by atoms with Crippen molar-refractivity contribution in [2.45, 2.75) is 37.8 Å². The van der Waals surface area contributed by atoms with E-state index in [4.69, 9.17) is 23.2 Å². The third-order valence-corrected chi connectivity index (χ3v) is 8.86. The molecule has 0 aliphatic carbocycles. The number of carboxylic acid groups (broad SMARTS) is 1. The lowest BCUT2D eigenvalue weighted by molar-refractivity contribution is -0.259. The minimum atomic E-state index is -4.63. The quantitative estimate of drug-likeness (QED) is 0.307. The molecule has 2 aromatic heterocycles. The summed E-state index contributed by atoms with van der Waals surface area (Å²) in [5.41, 5.74) is 0.752. The van der Waals surface area contributed by atoms with Crippen LogP contribution in [0.25, 0.3) is 16.7 Å². The first-order valence-electron chi connectivity index (χ1n) is 11.5. The van der Waals surface area contributed by atoms with E-state index in [0.717, 1.165) is 10.7 Å². The van der Waals surface area contributed by atoms with Gasteiger partial charge < -0.3 is 9.90 Å². The molecule has 0 saturated heterocycles. The van der Waals surface area contributed by atoms with Gasteiger partial charge in [-0.25, -0.2) is 13.4 Å². The summed E-state index contributed by atoms with van der Waals surface area (Å²) in [5, 5.41) is 15.0. The third-order valence-electron chi connectivity index (χ3n) is 6.08. The molecule has 9 nitrogen and oxygen atoms in total. The highest BCUT2D eigenvalue weighted by Gasteiger charge is 2.34. The number of aryl methyl sites for hydroxylation is 3. The Balaban J connectivity index is 1.63. The first kappa shape index (κ1) is 28.7. The smallest absolute Gasteiger partial charge is 0.417 e.